The number of aromatic amines is 1. The molecular weight excluding hydrogens is 336 g/mol. The fourth-order valence-electron chi connectivity index (χ4n) is 3.01. The van der Waals surface area contributed by atoms with Gasteiger partial charge in [-0.05, 0) is 53.6 Å². The summed E-state index contributed by atoms with van der Waals surface area (Å²) in [5, 5.41) is 4.98. The van der Waals surface area contributed by atoms with E-state index in [2.05, 4.69) is 10.3 Å². The van der Waals surface area contributed by atoms with Crippen molar-refractivity contribution in [3.8, 4) is 11.3 Å². The van der Waals surface area contributed by atoms with Crippen molar-refractivity contribution in [2.24, 2.45) is 0 Å². The SMILES string of the molecule is Cc1ccc(NC(=O)c2ccc(-c3ccc4ccccc4c3)[nH]c2=O)cc1. The van der Waals surface area contributed by atoms with Crippen molar-refractivity contribution in [1.29, 1.82) is 0 Å². The van der Waals surface area contributed by atoms with Crippen LogP contribution in [0.4, 0.5) is 5.69 Å². The molecule has 0 aliphatic heterocycles. The Morgan fingerprint density at radius 2 is 1.59 bits per heavy atom. The number of hydrogen-bond acceptors (Lipinski definition) is 2. The van der Waals surface area contributed by atoms with E-state index in [1.165, 1.54) is 0 Å². The molecule has 1 heterocycles. The highest BCUT2D eigenvalue weighted by Gasteiger charge is 2.12. The largest absolute Gasteiger partial charge is 0.322 e. The van der Waals surface area contributed by atoms with Gasteiger partial charge in [0.05, 0.1) is 0 Å². The van der Waals surface area contributed by atoms with Crippen LogP contribution < -0.4 is 10.9 Å². The van der Waals surface area contributed by atoms with Crippen LogP contribution in [0.3, 0.4) is 0 Å². The van der Waals surface area contributed by atoms with Gasteiger partial charge in [0.15, 0.2) is 0 Å². The Labute approximate surface area is 156 Å². The first-order chi connectivity index (χ1) is 13.1. The first kappa shape index (κ1) is 16.8. The van der Waals surface area contributed by atoms with Gasteiger partial charge in [-0.15, -0.1) is 0 Å². The molecule has 1 amide bonds. The van der Waals surface area contributed by atoms with Crippen LogP contribution in [0.2, 0.25) is 0 Å². The van der Waals surface area contributed by atoms with E-state index in [9.17, 15) is 9.59 Å². The number of carbonyl (C=O) groups excluding carboxylic acids is 1. The molecule has 4 heteroatoms. The molecule has 0 saturated carbocycles. The van der Waals surface area contributed by atoms with E-state index in [0.29, 0.717) is 11.4 Å². The number of pyridine rings is 1. The molecule has 0 aliphatic carbocycles. The summed E-state index contributed by atoms with van der Waals surface area (Å²) in [6.07, 6.45) is 0. The molecule has 2 N–H and O–H groups in total. The molecule has 0 aliphatic rings. The fourth-order valence-corrected chi connectivity index (χ4v) is 3.01. The maximum atomic E-state index is 12.4. The Hall–Kier alpha value is -3.66. The lowest BCUT2D eigenvalue weighted by molar-refractivity contribution is 0.102. The number of aromatic nitrogens is 1. The third kappa shape index (κ3) is 3.51. The number of hydrogen-bond donors (Lipinski definition) is 2. The lowest BCUT2D eigenvalue weighted by Crippen LogP contribution is -2.23. The second-order valence-corrected chi connectivity index (χ2v) is 6.50. The molecule has 132 valence electrons. The highest BCUT2D eigenvalue weighted by atomic mass is 16.2. The molecule has 27 heavy (non-hydrogen) atoms. The fraction of sp³-hybridized carbons (Fsp3) is 0.0435. The Morgan fingerprint density at radius 3 is 2.33 bits per heavy atom. The number of nitrogens with one attached hydrogen (secondary N) is 2. The van der Waals surface area contributed by atoms with Gasteiger partial charge in [0.2, 0.25) is 0 Å². The van der Waals surface area contributed by atoms with Crippen molar-refractivity contribution in [2.75, 3.05) is 5.32 Å². The monoisotopic (exact) mass is 354 g/mol. The van der Waals surface area contributed by atoms with E-state index in [4.69, 9.17) is 0 Å². The van der Waals surface area contributed by atoms with Crippen molar-refractivity contribution in [3.63, 3.8) is 0 Å². The van der Waals surface area contributed by atoms with Crippen molar-refractivity contribution < 1.29 is 4.79 Å². The van der Waals surface area contributed by atoms with Crippen molar-refractivity contribution in [2.45, 2.75) is 6.92 Å². The molecule has 0 fully saturated rings. The molecule has 0 radical (unpaired) electrons. The Balaban J connectivity index is 1.62. The summed E-state index contributed by atoms with van der Waals surface area (Å²) in [5.41, 5.74) is 3.01. The summed E-state index contributed by atoms with van der Waals surface area (Å²) < 4.78 is 0. The van der Waals surface area contributed by atoms with Gasteiger partial charge in [-0.25, -0.2) is 0 Å². The quantitative estimate of drug-likeness (QED) is 0.557. The topological polar surface area (TPSA) is 62.0 Å². The number of amides is 1. The zero-order chi connectivity index (χ0) is 18.8. The number of benzene rings is 3. The number of carbonyl (C=O) groups is 1. The smallest absolute Gasteiger partial charge is 0.261 e. The Bertz CT molecular complexity index is 1190. The van der Waals surface area contributed by atoms with Gasteiger partial charge in [0, 0.05) is 11.4 Å². The maximum absolute atomic E-state index is 12.4. The minimum absolute atomic E-state index is 0.0834. The molecule has 4 rings (SSSR count). The molecule has 4 aromatic rings. The second kappa shape index (κ2) is 6.92. The van der Waals surface area contributed by atoms with Gasteiger partial charge in [-0.1, -0.05) is 54.1 Å². The minimum atomic E-state index is -0.426. The standard InChI is InChI=1S/C23H18N2O2/c1-15-6-10-19(11-7-15)24-22(26)20-12-13-21(25-23(20)27)18-9-8-16-4-2-3-5-17(16)14-18/h2-14H,1H3,(H,24,26)(H,25,27). The van der Waals surface area contributed by atoms with Gasteiger partial charge < -0.3 is 10.3 Å². The van der Waals surface area contributed by atoms with Gasteiger partial charge in [-0.2, -0.15) is 0 Å². The second-order valence-electron chi connectivity index (χ2n) is 6.50. The molecule has 0 bridgehead atoms. The number of H-pyrrole nitrogens is 1. The van der Waals surface area contributed by atoms with E-state index in [0.717, 1.165) is 21.9 Å². The molecule has 1 aromatic heterocycles. The molecule has 0 atom stereocenters. The zero-order valence-corrected chi connectivity index (χ0v) is 14.8. The van der Waals surface area contributed by atoms with Crippen molar-refractivity contribution in [3.05, 3.63) is 100 Å². The minimum Gasteiger partial charge on any atom is -0.322 e. The number of rotatable bonds is 3. The summed E-state index contributed by atoms with van der Waals surface area (Å²) in [4.78, 5) is 27.7. The van der Waals surface area contributed by atoms with E-state index in [1.807, 2.05) is 73.7 Å². The van der Waals surface area contributed by atoms with Gasteiger partial charge in [-0.3, -0.25) is 9.59 Å². The number of aryl methyl sites for hydroxylation is 1. The molecule has 0 saturated heterocycles. The first-order valence-corrected chi connectivity index (χ1v) is 8.71. The summed E-state index contributed by atoms with van der Waals surface area (Å²) in [5.74, 6) is -0.426. The zero-order valence-electron chi connectivity index (χ0n) is 14.8. The van der Waals surface area contributed by atoms with Crippen LogP contribution in [-0.2, 0) is 0 Å². The summed E-state index contributed by atoms with van der Waals surface area (Å²) in [6.45, 7) is 1.97. The third-order valence-electron chi connectivity index (χ3n) is 4.52. The third-order valence-corrected chi connectivity index (χ3v) is 4.52. The van der Waals surface area contributed by atoms with Gasteiger partial charge in [0.1, 0.15) is 5.56 Å². The summed E-state index contributed by atoms with van der Waals surface area (Å²) in [6, 6.07) is 24.8. The molecule has 3 aromatic carbocycles. The molecular formula is C23H18N2O2. The molecule has 4 nitrogen and oxygen atoms in total. The average molecular weight is 354 g/mol. The highest BCUT2D eigenvalue weighted by molar-refractivity contribution is 6.04. The lowest BCUT2D eigenvalue weighted by Gasteiger charge is -2.07. The van der Waals surface area contributed by atoms with Crippen LogP contribution in [-0.4, -0.2) is 10.9 Å². The van der Waals surface area contributed by atoms with E-state index < -0.39 is 11.5 Å². The highest BCUT2D eigenvalue weighted by Crippen LogP contribution is 2.22. The van der Waals surface area contributed by atoms with Crippen molar-refractivity contribution in [1.82, 2.24) is 4.98 Å². The first-order valence-electron chi connectivity index (χ1n) is 8.71. The van der Waals surface area contributed by atoms with E-state index in [1.54, 1.807) is 12.1 Å². The van der Waals surface area contributed by atoms with Crippen LogP contribution >= 0.6 is 0 Å². The molecule has 0 unspecified atom stereocenters. The van der Waals surface area contributed by atoms with Crippen LogP contribution in [0.5, 0.6) is 0 Å². The van der Waals surface area contributed by atoms with Crippen molar-refractivity contribution >= 4 is 22.4 Å². The molecule has 0 spiro atoms. The average Bonchev–Trinajstić information content (AvgIpc) is 2.69. The lowest BCUT2D eigenvalue weighted by atomic mass is 10.0. The van der Waals surface area contributed by atoms with Crippen LogP contribution in [0.1, 0.15) is 15.9 Å². The maximum Gasteiger partial charge on any atom is 0.261 e. The Morgan fingerprint density at radius 1 is 0.852 bits per heavy atom. The van der Waals surface area contributed by atoms with E-state index >= 15 is 0 Å². The van der Waals surface area contributed by atoms with Crippen LogP contribution in [0.25, 0.3) is 22.0 Å². The van der Waals surface area contributed by atoms with Crippen LogP contribution in [0, 0.1) is 6.92 Å². The van der Waals surface area contributed by atoms with E-state index in [-0.39, 0.29) is 5.56 Å². The predicted octanol–water partition coefficient (Wildman–Crippen LogP) is 4.76. The number of fused-ring (bicyclic) bond motifs is 1. The summed E-state index contributed by atoms with van der Waals surface area (Å²) >= 11 is 0. The number of anilines is 1. The predicted molar refractivity (Wildman–Crippen MR) is 109 cm³/mol. The summed E-state index contributed by atoms with van der Waals surface area (Å²) in [7, 11) is 0. The van der Waals surface area contributed by atoms with Gasteiger partial charge in [0.25, 0.3) is 11.5 Å². The normalized spacial score (nSPS) is 10.7. The van der Waals surface area contributed by atoms with Gasteiger partial charge >= 0.3 is 0 Å². The van der Waals surface area contributed by atoms with Crippen LogP contribution in [0.15, 0.2) is 83.7 Å². The Kier molecular flexibility index (Phi) is 4.30.